The second-order valence-corrected chi connectivity index (χ2v) is 8.68. The summed E-state index contributed by atoms with van der Waals surface area (Å²) in [5.41, 5.74) is 2.12. The molecule has 0 N–H and O–H groups in total. The Morgan fingerprint density at radius 2 is 2.00 bits per heavy atom. The van der Waals surface area contributed by atoms with E-state index in [0.29, 0.717) is 5.92 Å². The number of fused-ring (bicyclic) bond motifs is 1. The Kier molecular flexibility index (Phi) is 5.10. The molecule has 4 heterocycles. The zero-order valence-electron chi connectivity index (χ0n) is 16.0. The van der Waals surface area contributed by atoms with Gasteiger partial charge < -0.3 is 14.5 Å². The maximum absolute atomic E-state index is 5.47. The Bertz CT molecular complexity index is 926. The van der Waals surface area contributed by atoms with Crippen molar-refractivity contribution in [2.24, 2.45) is 5.92 Å². The SMILES string of the molecule is c1csc(CC2CCCN(c3nnnc4cc(N5CCOCC5)ccc34)C2)c1. The molecule has 2 aliphatic heterocycles. The first-order chi connectivity index (χ1) is 13.9. The summed E-state index contributed by atoms with van der Waals surface area (Å²) in [5.74, 6) is 1.65. The zero-order chi connectivity index (χ0) is 18.8. The number of rotatable bonds is 4. The third-order valence-corrected chi connectivity index (χ3v) is 6.68. The van der Waals surface area contributed by atoms with Crippen molar-refractivity contribution < 1.29 is 4.74 Å². The molecular weight excluding hydrogens is 370 g/mol. The maximum atomic E-state index is 5.47. The van der Waals surface area contributed by atoms with Crippen molar-refractivity contribution >= 4 is 33.7 Å². The van der Waals surface area contributed by atoms with Gasteiger partial charge in [0.25, 0.3) is 0 Å². The second-order valence-electron chi connectivity index (χ2n) is 7.65. The van der Waals surface area contributed by atoms with Gasteiger partial charge in [0.1, 0.15) is 5.52 Å². The molecule has 0 aliphatic carbocycles. The van der Waals surface area contributed by atoms with Crippen LogP contribution in [-0.4, -0.2) is 54.8 Å². The fraction of sp³-hybridized carbons (Fsp3) is 0.476. The Hall–Kier alpha value is -2.25. The molecule has 5 rings (SSSR count). The lowest BCUT2D eigenvalue weighted by atomic mass is 9.94. The van der Waals surface area contributed by atoms with Crippen LogP contribution in [0, 0.1) is 5.92 Å². The second kappa shape index (κ2) is 8.01. The molecule has 0 spiro atoms. The first-order valence-corrected chi connectivity index (χ1v) is 11.0. The van der Waals surface area contributed by atoms with Crippen LogP contribution in [0.5, 0.6) is 0 Å². The van der Waals surface area contributed by atoms with Crippen LogP contribution in [0.3, 0.4) is 0 Å². The van der Waals surface area contributed by atoms with Crippen LogP contribution in [0.25, 0.3) is 10.9 Å². The van der Waals surface area contributed by atoms with Gasteiger partial charge in [-0.1, -0.05) is 6.07 Å². The minimum Gasteiger partial charge on any atom is -0.378 e. The van der Waals surface area contributed by atoms with Crippen molar-refractivity contribution in [3.63, 3.8) is 0 Å². The summed E-state index contributed by atoms with van der Waals surface area (Å²) >= 11 is 1.86. The van der Waals surface area contributed by atoms with Crippen LogP contribution in [0.2, 0.25) is 0 Å². The standard InChI is InChI=1S/C21H25N5OS/c1-3-16(13-18-4-2-12-28-18)15-26(7-1)21-19-6-5-17(14-20(19)22-24-23-21)25-8-10-27-11-9-25/h2,4-6,12,14,16H,1,3,7-11,13,15H2. The van der Waals surface area contributed by atoms with Crippen molar-refractivity contribution in [2.45, 2.75) is 19.3 Å². The van der Waals surface area contributed by atoms with Crippen LogP contribution >= 0.6 is 11.3 Å². The van der Waals surface area contributed by atoms with E-state index in [1.165, 1.54) is 23.4 Å². The highest BCUT2D eigenvalue weighted by atomic mass is 32.1. The predicted octanol–water partition coefficient (Wildman–Crippen LogP) is 3.38. The molecule has 1 atom stereocenters. The van der Waals surface area contributed by atoms with Crippen molar-refractivity contribution in [1.29, 1.82) is 0 Å². The number of morpholine rings is 1. The lowest BCUT2D eigenvalue weighted by molar-refractivity contribution is 0.122. The molecule has 0 radical (unpaired) electrons. The molecule has 0 saturated carbocycles. The summed E-state index contributed by atoms with van der Waals surface area (Å²) in [4.78, 5) is 6.24. The molecule has 1 aromatic carbocycles. The summed E-state index contributed by atoms with van der Waals surface area (Å²) in [6.45, 7) is 5.49. The maximum Gasteiger partial charge on any atom is 0.162 e. The highest BCUT2D eigenvalue weighted by Gasteiger charge is 2.24. The minimum atomic E-state index is 0.671. The van der Waals surface area contributed by atoms with E-state index in [0.717, 1.165) is 62.5 Å². The molecule has 2 saturated heterocycles. The Morgan fingerprint density at radius 1 is 1.07 bits per heavy atom. The Labute approximate surface area is 169 Å². The molecule has 6 nitrogen and oxygen atoms in total. The van der Waals surface area contributed by atoms with Gasteiger partial charge in [0.2, 0.25) is 0 Å². The summed E-state index contributed by atoms with van der Waals surface area (Å²) < 4.78 is 5.47. The highest BCUT2D eigenvalue weighted by Crippen LogP contribution is 2.31. The summed E-state index contributed by atoms with van der Waals surface area (Å²) in [7, 11) is 0. The van der Waals surface area contributed by atoms with Crippen LogP contribution in [0.4, 0.5) is 11.5 Å². The number of ether oxygens (including phenoxy) is 1. The first-order valence-electron chi connectivity index (χ1n) is 10.1. The average Bonchev–Trinajstić information content (AvgIpc) is 3.27. The number of hydrogen-bond acceptors (Lipinski definition) is 7. The van der Waals surface area contributed by atoms with Gasteiger partial charge in [0.05, 0.1) is 13.2 Å². The van der Waals surface area contributed by atoms with Crippen LogP contribution < -0.4 is 9.80 Å². The van der Waals surface area contributed by atoms with E-state index in [-0.39, 0.29) is 0 Å². The van der Waals surface area contributed by atoms with Gasteiger partial charge in [-0.05, 0) is 60.0 Å². The Balaban J connectivity index is 1.38. The van der Waals surface area contributed by atoms with Crippen molar-refractivity contribution in [3.8, 4) is 0 Å². The van der Waals surface area contributed by atoms with Gasteiger partial charge >= 0.3 is 0 Å². The van der Waals surface area contributed by atoms with Gasteiger partial charge in [-0.15, -0.1) is 21.5 Å². The molecule has 3 aromatic rings. The van der Waals surface area contributed by atoms with E-state index >= 15 is 0 Å². The van der Waals surface area contributed by atoms with Gasteiger partial charge in [0, 0.05) is 42.1 Å². The topological polar surface area (TPSA) is 54.4 Å². The van der Waals surface area contributed by atoms with Gasteiger partial charge in [0.15, 0.2) is 5.82 Å². The number of thiophene rings is 1. The molecule has 28 heavy (non-hydrogen) atoms. The lowest BCUT2D eigenvalue weighted by Crippen LogP contribution is -2.37. The van der Waals surface area contributed by atoms with Crippen molar-refractivity contribution in [3.05, 3.63) is 40.6 Å². The van der Waals surface area contributed by atoms with Gasteiger partial charge in [-0.2, -0.15) is 0 Å². The van der Waals surface area contributed by atoms with Crippen LogP contribution in [0.15, 0.2) is 35.7 Å². The first kappa shape index (κ1) is 17.8. The lowest BCUT2D eigenvalue weighted by Gasteiger charge is -2.33. The monoisotopic (exact) mass is 395 g/mol. The third kappa shape index (κ3) is 3.69. The number of anilines is 2. The third-order valence-electron chi connectivity index (χ3n) is 5.78. The van der Waals surface area contributed by atoms with E-state index in [2.05, 4.69) is 60.9 Å². The fourth-order valence-electron chi connectivity index (χ4n) is 4.35. The quantitative estimate of drug-likeness (QED) is 0.675. The minimum absolute atomic E-state index is 0.671. The van der Waals surface area contributed by atoms with Gasteiger partial charge in [-0.3, -0.25) is 0 Å². The highest BCUT2D eigenvalue weighted by molar-refractivity contribution is 7.09. The smallest absolute Gasteiger partial charge is 0.162 e. The normalized spacial score (nSPS) is 20.6. The molecular formula is C21H25N5OS. The van der Waals surface area contributed by atoms with Gasteiger partial charge in [-0.25, -0.2) is 0 Å². The summed E-state index contributed by atoms with van der Waals surface area (Å²) in [6.07, 6.45) is 3.64. The molecule has 2 aromatic heterocycles. The number of benzene rings is 1. The molecule has 2 aliphatic rings. The average molecular weight is 396 g/mol. The van der Waals surface area contributed by atoms with Crippen molar-refractivity contribution in [1.82, 2.24) is 15.4 Å². The van der Waals surface area contributed by atoms with E-state index in [1.54, 1.807) is 0 Å². The molecule has 2 fully saturated rings. The molecule has 146 valence electrons. The molecule has 0 amide bonds. The zero-order valence-corrected chi connectivity index (χ0v) is 16.8. The van der Waals surface area contributed by atoms with E-state index in [4.69, 9.17) is 4.74 Å². The van der Waals surface area contributed by atoms with Crippen molar-refractivity contribution in [2.75, 3.05) is 49.2 Å². The summed E-state index contributed by atoms with van der Waals surface area (Å²) in [5, 5.41) is 16.1. The molecule has 0 bridgehead atoms. The van der Waals surface area contributed by atoms with E-state index in [9.17, 15) is 0 Å². The number of piperidine rings is 1. The largest absolute Gasteiger partial charge is 0.378 e. The summed E-state index contributed by atoms with van der Waals surface area (Å²) in [6, 6.07) is 10.9. The van der Waals surface area contributed by atoms with Crippen LogP contribution in [-0.2, 0) is 11.2 Å². The molecule has 1 unspecified atom stereocenters. The van der Waals surface area contributed by atoms with E-state index in [1.807, 2.05) is 11.3 Å². The Morgan fingerprint density at radius 3 is 2.86 bits per heavy atom. The van der Waals surface area contributed by atoms with Crippen LogP contribution in [0.1, 0.15) is 17.7 Å². The number of hydrogen-bond donors (Lipinski definition) is 0. The van der Waals surface area contributed by atoms with E-state index < -0.39 is 0 Å². The predicted molar refractivity (Wildman–Crippen MR) is 113 cm³/mol. The molecule has 7 heteroatoms. The fourth-order valence-corrected chi connectivity index (χ4v) is 5.17. The number of nitrogens with zero attached hydrogens (tertiary/aromatic N) is 5. The number of aromatic nitrogens is 3.